The van der Waals surface area contributed by atoms with Crippen LogP contribution in [-0.2, 0) is 0 Å². The Hall–Kier alpha value is -3.16. The number of benzene rings is 2. The Balaban J connectivity index is 1.86. The first-order valence-electron chi connectivity index (χ1n) is 6.46. The van der Waals surface area contributed by atoms with Gasteiger partial charge in [-0.25, -0.2) is 0 Å². The van der Waals surface area contributed by atoms with E-state index >= 15 is 0 Å². The smallest absolute Gasteiger partial charge is 0.269 e. The lowest BCUT2D eigenvalue weighted by molar-refractivity contribution is -0.384. The number of rotatable bonds is 6. The summed E-state index contributed by atoms with van der Waals surface area (Å²) in [4.78, 5) is 10.0. The molecule has 0 radical (unpaired) electrons. The summed E-state index contributed by atoms with van der Waals surface area (Å²) in [6.07, 6.45) is 0. The van der Waals surface area contributed by atoms with E-state index in [0.717, 1.165) is 11.4 Å². The molecule has 0 saturated heterocycles. The SMILES string of the molecule is CNc1ccc(N=NCN=Nc2ccc([N+](=O)[O-])cc2)cc1. The minimum Gasteiger partial charge on any atom is -0.388 e. The Kier molecular flexibility index (Phi) is 5.25. The highest BCUT2D eigenvalue weighted by Gasteiger charge is 2.02. The van der Waals surface area contributed by atoms with Gasteiger partial charge in [0.25, 0.3) is 5.69 Å². The molecular weight excluding hydrogens is 284 g/mol. The van der Waals surface area contributed by atoms with Crippen molar-refractivity contribution in [2.45, 2.75) is 0 Å². The van der Waals surface area contributed by atoms with Crippen LogP contribution in [0.1, 0.15) is 0 Å². The fraction of sp³-hybridized carbons (Fsp3) is 0.143. The van der Waals surface area contributed by atoms with Crippen molar-refractivity contribution in [3.05, 3.63) is 58.6 Å². The first-order chi connectivity index (χ1) is 10.7. The minimum atomic E-state index is -0.464. The molecule has 1 N–H and O–H groups in total. The van der Waals surface area contributed by atoms with E-state index in [0.29, 0.717) is 5.69 Å². The van der Waals surface area contributed by atoms with Gasteiger partial charge in [0.15, 0.2) is 6.67 Å². The lowest BCUT2D eigenvalue weighted by Gasteiger charge is -1.98. The van der Waals surface area contributed by atoms with Crippen LogP contribution in [0.15, 0.2) is 69.0 Å². The number of hydrogen-bond donors (Lipinski definition) is 1. The molecule has 8 nitrogen and oxygen atoms in total. The fourth-order valence-electron chi connectivity index (χ4n) is 1.59. The number of non-ortho nitro benzene ring substituents is 1. The van der Waals surface area contributed by atoms with Crippen LogP contribution in [0.5, 0.6) is 0 Å². The largest absolute Gasteiger partial charge is 0.388 e. The van der Waals surface area contributed by atoms with Crippen molar-refractivity contribution >= 4 is 22.7 Å². The molecule has 0 heterocycles. The summed E-state index contributed by atoms with van der Waals surface area (Å²) in [5, 5.41) is 29.2. The van der Waals surface area contributed by atoms with Gasteiger partial charge in [-0.3, -0.25) is 10.1 Å². The number of hydrogen-bond acceptors (Lipinski definition) is 7. The van der Waals surface area contributed by atoms with Crippen molar-refractivity contribution in [1.82, 2.24) is 0 Å². The van der Waals surface area contributed by atoms with Gasteiger partial charge in [-0.15, -0.1) is 0 Å². The van der Waals surface area contributed by atoms with Gasteiger partial charge in [-0.2, -0.15) is 20.5 Å². The monoisotopic (exact) mass is 298 g/mol. The second-order valence-electron chi connectivity index (χ2n) is 4.19. The van der Waals surface area contributed by atoms with Gasteiger partial charge in [-0.1, -0.05) is 0 Å². The Morgan fingerprint density at radius 3 is 1.91 bits per heavy atom. The zero-order valence-electron chi connectivity index (χ0n) is 11.9. The van der Waals surface area contributed by atoms with Crippen LogP contribution in [0.25, 0.3) is 0 Å². The summed E-state index contributed by atoms with van der Waals surface area (Å²) in [7, 11) is 1.84. The molecule has 8 heteroatoms. The number of nitro benzene ring substituents is 1. The third kappa shape index (κ3) is 4.44. The van der Waals surface area contributed by atoms with Gasteiger partial charge in [0.1, 0.15) is 0 Å². The van der Waals surface area contributed by atoms with E-state index < -0.39 is 4.92 Å². The second-order valence-corrected chi connectivity index (χ2v) is 4.19. The molecule has 0 atom stereocenters. The molecular formula is C14H14N6O2. The molecule has 2 aromatic carbocycles. The van der Waals surface area contributed by atoms with Gasteiger partial charge >= 0.3 is 0 Å². The summed E-state index contributed by atoms with van der Waals surface area (Å²) in [5.74, 6) is 0. The Bertz CT molecular complexity index is 679. The molecule has 0 aliphatic heterocycles. The molecule has 0 bridgehead atoms. The predicted octanol–water partition coefficient (Wildman–Crippen LogP) is 4.46. The number of nitrogens with one attached hydrogen (secondary N) is 1. The normalized spacial score (nSPS) is 11.1. The summed E-state index contributed by atoms with van der Waals surface area (Å²) < 4.78 is 0. The number of azo groups is 2. The summed E-state index contributed by atoms with van der Waals surface area (Å²) in [6.45, 7) is 0.0881. The van der Waals surface area contributed by atoms with Gasteiger partial charge in [0, 0.05) is 24.9 Å². The number of anilines is 1. The first kappa shape index (κ1) is 15.2. The Labute approximate surface area is 126 Å². The van der Waals surface area contributed by atoms with E-state index in [1.165, 1.54) is 24.3 Å². The quantitative estimate of drug-likeness (QED) is 0.483. The van der Waals surface area contributed by atoms with Crippen LogP contribution >= 0.6 is 0 Å². The Morgan fingerprint density at radius 2 is 1.45 bits per heavy atom. The molecule has 2 aromatic rings. The molecule has 112 valence electrons. The van der Waals surface area contributed by atoms with Crippen LogP contribution in [0.3, 0.4) is 0 Å². The van der Waals surface area contributed by atoms with Crippen molar-refractivity contribution < 1.29 is 4.92 Å². The number of nitrogens with zero attached hydrogens (tertiary/aromatic N) is 5. The molecule has 0 aliphatic rings. The standard InChI is InChI=1S/C14H14N6O2/c1-15-11-2-4-12(5-3-11)18-16-10-17-19-13-6-8-14(9-7-13)20(21)22/h2-9,15H,10H2,1H3. The highest BCUT2D eigenvalue weighted by molar-refractivity contribution is 5.50. The average molecular weight is 298 g/mol. The van der Waals surface area contributed by atoms with Crippen LogP contribution in [0.2, 0.25) is 0 Å². The van der Waals surface area contributed by atoms with Gasteiger partial charge < -0.3 is 5.32 Å². The van der Waals surface area contributed by atoms with Crippen molar-refractivity contribution in [2.24, 2.45) is 20.5 Å². The van der Waals surface area contributed by atoms with Crippen LogP contribution in [-0.4, -0.2) is 18.6 Å². The Morgan fingerprint density at radius 1 is 0.955 bits per heavy atom. The van der Waals surface area contributed by atoms with E-state index in [4.69, 9.17) is 0 Å². The first-order valence-corrected chi connectivity index (χ1v) is 6.46. The molecule has 0 aromatic heterocycles. The molecule has 0 fully saturated rings. The molecule has 2 rings (SSSR count). The van der Waals surface area contributed by atoms with Gasteiger partial charge in [0.2, 0.25) is 0 Å². The topological polar surface area (TPSA) is 105 Å². The van der Waals surface area contributed by atoms with Gasteiger partial charge in [-0.05, 0) is 36.4 Å². The zero-order valence-corrected chi connectivity index (χ0v) is 11.9. The van der Waals surface area contributed by atoms with Crippen LogP contribution in [0, 0.1) is 10.1 Å². The minimum absolute atomic E-state index is 0.0173. The molecule has 0 spiro atoms. The summed E-state index contributed by atoms with van der Waals surface area (Å²) in [6, 6.07) is 13.3. The van der Waals surface area contributed by atoms with E-state index in [-0.39, 0.29) is 12.4 Å². The lowest BCUT2D eigenvalue weighted by atomic mass is 10.3. The van der Waals surface area contributed by atoms with Crippen molar-refractivity contribution in [3.63, 3.8) is 0 Å². The highest BCUT2D eigenvalue weighted by Crippen LogP contribution is 2.18. The average Bonchev–Trinajstić information content (AvgIpc) is 2.55. The molecule has 0 saturated carbocycles. The van der Waals surface area contributed by atoms with Gasteiger partial charge in [0.05, 0.1) is 16.3 Å². The van der Waals surface area contributed by atoms with E-state index in [1.54, 1.807) is 0 Å². The lowest BCUT2D eigenvalue weighted by Crippen LogP contribution is -1.85. The zero-order chi connectivity index (χ0) is 15.8. The van der Waals surface area contributed by atoms with Crippen molar-refractivity contribution in [1.29, 1.82) is 0 Å². The molecule has 0 unspecified atom stereocenters. The van der Waals surface area contributed by atoms with E-state index in [2.05, 4.69) is 25.8 Å². The maximum Gasteiger partial charge on any atom is 0.269 e. The van der Waals surface area contributed by atoms with Crippen LogP contribution < -0.4 is 5.32 Å². The summed E-state index contributed by atoms with van der Waals surface area (Å²) >= 11 is 0. The van der Waals surface area contributed by atoms with Crippen LogP contribution in [0.4, 0.5) is 22.7 Å². The summed E-state index contributed by atoms with van der Waals surface area (Å²) in [5.41, 5.74) is 2.27. The van der Waals surface area contributed by atoms with E-state index in [1.807, 2.05) is 31.3 Å². The highest BCUT2D eigenvalue weighted by atomic mass is 16.6. The molecule has 0 aliphatic carbocycles. The fourth-order valence-corrected chi connectivity index (χ4v) is 1.59. The molecule has 0 amide bonds. The second kappa shape index (κ2) is 7.58. The van der Waals surface area contributed by atoms with Crippen molar-refractivity contribution in [2.75, 3.05) is 19.0 Å². The maximum absolute atomic E-state index is 10.5. The van der Waals surface area contributed by atoms with E-state index in [9.17, 15) is 10.1 Å². The maximum atomic E-state index is 10.5. The molecule has 22 heavy (non-hydrogen) atoms. The number of nitro groups is 1. The predicted molar refractivity (Wildman–Crippen MR) is 83.0 cm³/mol. The van der Waals surface area contributed by atoms with Crippen molar-refractivity contribution in [3.8, 4) is 0 Å². The third-order valence-electron chi connectivity index (χ3n) is 2.72. The third-order valence-corrected chi connectivity index (χ3v) is 2.72.